The molecule has 0 aliphatic carbocycles. The number of carbonyl (C=O) groups excluding carboxylic acids is 1. The quantitative estimate of drug-likeness (QED) is 0.505. The van der Waals surface area contributed by atoms with Gasteiger partial charge >= 0.3 is 0 Å². The van der Waals surface area contributed by atoms with Crippen molar-refractivity contribution >= 4 is 28.7 Å². The van der Waals surface area contributed by atoms with Crippen molar-refractivity contribution in [2.75, 3.05) is 61.0 Å². The molecule has 10 nitrogen and oxygen atoms in total. The molecule has 1 aromatic carbocycles. The Morgan fingerprint density at radius 3 is 2.59 bits per heavy atom. The Balaban J connectivity index is 1.67. The number of benzene rings is 1. The van der Waals surface area contributed by atoms with E-state index in [1.807, 2.05) is 37.5 Å². The highest BCUT2D eigenvalue weighted by Crippen LogP contribution is 2.37. The molecular formula is C22H27N7O3. The summed E-state index contributed by atoms with van der Waals surface area (Å²) in [6, 6.07) is 10.8. The van der Waals surface area contributed by atoms with Crippen LogP contribution in [0.15, 0.2) is 42.6 Å². The average Bonchev–Trinajstić information content (AvgIpc) is 3.25. The van der Waals surface area contributed by atoms with Crippen molar-refractivity contribution in [3.63, 3.8) is 0 Å². The molecule has 0 radical (unpaired) electrons. The molecule has 0 spiro atoms. The van der Waals surface area contributed by atoms with Gasteiger partial charge < -0.3 is 20.3 Å². The second-order valence-corrected chi connectivity index (χ2v) is 7.50. The van der Waals surface area contributed by atoms with Crippen LogP contribution in [0.5, 0.6) is 0 Å². The zero-order valence-electron chi connectivity index (χ0n) is 18.4. The summed E-state index contributed by atoms with van der Waals surface area (Å²) in [5, 5.41) is 21.6. The van der Waals surface area contributed by atoms with Gasteiger partial charge in [0.05, 0.1) is 41.7 Å². The molecule has 168 valence electrons. The van der Waals surface area contributed by atoms with Crippen LogP contribution in [0.25, 0.3) is 11.4 Å². The smallest absolute Gasteiger partial charge is 0.274 e. The van der Waals surface area contributed by atoms with E-state index < -0.39 is 0 Å². The number of nitrogens with zero attached hydrogens (tertiary/aromatic N) is 5. The Bertz CT molecular complexity index is 1110. The molecule has 0 atom stereocenters. The van der Waals surface area contributed by atoms with E-state index in [1.165, 1.54) is 0 Å². The van der Waals surface area contributed by atoms with Gasteiger partial charge in [-0.05, 0) is 30.3 Å². The molecule has 3 N–H and O–H groups in total. The van der Waals surface area contributed by atoms with Crippen LogP contribution in [-0.2, 0) is 11.8 Å². The van der Waals surface area contributed by atoms with E-state index in [1.54, 1.807) is 30.9 Å². The van der Waals surface area contributed by atoms with Crippen LogP contribution in [0, 0.1) is 0 Å². The summed E-state index contributed by atoms with van der Waals surface area (Å²) in [7, 11) is 5.16. The number of hydrogen-bond acceptors (Lipinski definition) is 8. The number of carbonyl (C=O) groups is 1. The summed E-state index contributed by atoms with van der Waals surface area (Å²) in [6.45, 7) is 2.56. The number of rotatable bonds is 6. The number of aromatic nitrogens is 3. The summed E-state index contributed by atoms with van der Waals surface area (Å²) in [5.74, 6) is -0.329. The predicted octanol–water partition coefficient (Wildman–Crippen LogP) is 2.44. The fourth-order valence-electron chi connectivity index (χ4n) is 3.65. The topological polar surface area (TPSA) is 108 Å². The first kappa shape index (κ1) is 21.6. The van der Waals surface area contributed by atoms with E-state index in [2.05, 4.69) is 25.6 Å². The van der Waals surface area contributed by atoms with E-state index in [4.69, 9.17) is 4.74 Å². The van der Waals surface area contributed by atoms with Gasteiger partial charge in [0, 0.05) is 40.4 Å². The molecule has 32 heavy (non-hydrogen) atoms. The minimum Gasteiger partial charge on any atom is -0.386 e. The van der Waals surface area contributed by atoms with Crippen molar-refractivity contribution in [2.45, 2.75) is 0 Å². The van der Waals surface area contributed by atoms with Crippen molar-refractivity contribution in [2.24, 2.45) is 7.05 Å². The lowest BCUT2D eigenvalue weighted by Crippen LogP contribution is -2.37. The molecule has 2 aromatic heterocycles. The molecular weight excluding hydrogens is 410 g/mol. The van der Waals surface area contributed by atoms with Gasteiger partial charge in [-0.1, -0.05) is 6.07 Å². The van der Waals surface area contributed by atoms with E-state index in [0.29, 0.717) is 54.8 Å². The standard InChI is InChI=1S/C22H27N7O3/c1-23-18-13-19(21(14-20(18)28(3)31)29-9-11-32-12-10-29)25-22(30)17-6-4-5-15(24-17)16-7-8-27(2)26-16/h4-8,13-14,23,31H,9-12H2,1-3H3,(H,25,30). The van der Waals surface area contributed by atoms with Crippen LogP contribution in [0.4, 0.5) is 22.7 Å². The van der Waals surface area contributed by atoms with E-state index >= 15 is 0 Å². The van der Waals surface area contributed by atoms with Crippen molar-refractivity contribution in [3.8, 4) is 11.4 Å². The Morgan fingerprint density at radius 1 is 1.16 bits per heavy atom. The van der Waals surface area contributed by atoms with Gasteiger partial charge in [-0.3, -0.25) is 19.7 Å². The van der Waals surface area contributed by atoms with Crippen LogP contribution >= 0.6 is 0 Å². The van der Waals surface area contributed by atoms with Gasteiger partial charge in [0.2, 0.25) is 0 Å². The summed E-state index contributed by atoms with van der Waals surface area (Å²) >= 11 is 0. The first-order chi connectivity index (χ1) is 15.5. The molecule has 0 bridgehead atoms. The van der Waals surface area contributed by atoms with Crippen LogP contribution < -0.4 is 20.6 Å². The maximum atomic E-state index is 13.1. The highest BCUT2D eigenvalue weighted by molar-refractivity contribution is 6.06. The SMILES string of the molecule is CNc1cc(NC(=O)c2cccc(-c3ccn(C)n3)n2)c(N2CCOCC2)cc1N(C)O. The van der Waals surface area contributed by atoms with Crippen molar-refractivity contribution in [1.82, 2.24) is 14.8 Å². The number of pyridine rings is 1. The highest BCUT2D eigenvalue weighted by Gasteiger charge is 2.21. The summed E-state index contributed by atoms with van der Waals surface area (Å²) in [6.07, 6.45) is 1.83. The molecule has 10 heteroatoms. The third-order valence-corrected chi connectivity index (χ3v) is 5.29. The monoisotopic (exact) mass is 437 g/mol. The molecule has 3 aromatic rings. The third kappa shape index (κ3) is 4.51. The van der Waals surface area contributed by atoms with Gasteiger partial charge in [-0.2, -0.15) is 5.10 Å². The molecule has 3 heterocycles. The average molecular weight is 438 g/mol. The summed E-state index contributed by atoms with van der Waals surface area (Å²) in [5.41, 5.74) is 4.31. The summed E-state index contributed by atoms with van der Waals surface area (Å²) in [4.78, 5) is 19.8. The second kappa shape index (κ2) is 9.25. The van der Waals surface area contributed by atoms with E-state index in [-0.39, 0.29) is 11.6 Å². The fraction of sp³-hybridized carbons (Fsp3) is 0.318. The normalized spacial score (nSPS) is 13.7. The van der Waals surface area contributed by atoms with Crippen molar-refractivity contribution < 1.29 is 14.7 Å². The predicted molar refractivity (Wildman–Crippen MR) is 124 cm³/mol. The lowest BCUT2D eigenvalue weighted by atomic mass is 10.1. The maximum Gasteiger partial charge on any atom is 0.274 e. The number of nitrogens with one attached hydrogen (secondary N) is 2. The number of aryl methyl sites for hydroxylation is 1. The lowest BCUT2D eigenvalue weighted by molar-refractivity contribution is 0.102. The Hall–Kier alpha value is -3.63. The van der Waals surface area contributed by atoms with Gasteiger partial charge in [0.25, 0.3) is 5.91 Å². The Labute approximate surface area is 186 Å². The minimum absolute atomic E-state index is 0.287. The van der Waals surface area contributed by atoms with Gasteiger partial charge in [0.1, 0.15) is 11.4 Å². The molecule has 1 saturated heterocycles. The lowest BCUT2D eigenvalue weighted by Gasteiger charge is -2.32. The molecule has 1 fully saturated rings. The van der Waals surface area contributed by atoms with Gasteiger partial charge in [-0.15, -0.1) is 0 Å². The number of hydrogen-bond donors (Lipinski definition) is 3. The van der Waals surface area contributed by atoms with Crippen molar-refractivity contribution in [1.29, 1.82) is 0 Å². The number of anilines is 4. The zero-order valence-corrected chi connectivity index (χ0v) is 18.4. The van der Waals surface area contributed by atoms with E-state index in [9.17, 15) is 10.0 Å². The first-order valence-electron chi connectivity index (χ1n) is 10.4. The molecule has 4 rings (SSSR count). The highest BCUT2D eigenvalue weighted by atomic mass is 16.5. The Kier molecular flexibility index (Phi) is 6.24. The van der Waals surface area contributed by atoms with Crippen LogP contribution in [0.3, 0.4) is 0 Å². The number of morpholine rings is 1. The van der Waals surface area contributed by atoms with Crippen LogP contribution in [-0.4, -0.2) is 66.3 Å². The molecule has 0 saturated carbocycles. The first-order valence-corrected chi connectivity index (χ1v) is 10.4. The Morgan fingerprint density at radius 2 is 1.94 bits per heavy atom. The van der Waals surface area contributed by atoms with Crippen LogP contribution in [0.2, 0.25) is 0 Å². The number of hydroxylamine groups is 1. The molecule has 1 aliphatic rings. The maximum absolute atomic E-state index is 13.1. The van der Waals surface area contributed by atoms with Gasteiger partial charge in [-0.25, -0.2) is 4.98 Å². The van der Waals surface area contributed by atoms with Crippen LogP contribution in [0.1, 0.15) is 10.5 Å². The second-order valence-electron chi connectivity index (χ2n) is 7.50. The minimum atomic E-state index is -0.329. The molecule has 0 unspecified atom stereocenters. The van der Waals surface area contributed by atoms with Gasteiger partial charge in [0.15, 0.2) is 0 Å². The number of amides is 1. The number of ether oxygens (including phenoxy) is 1. The molecule has 1 amide bonds. The largest absolute Gasteiger partial charge is 0.386 e. The van der Waals surface area contributed by atoms with E-state index in [0.717, 1.165) is 10.8 Å². The third-order valence-electron chi connectivity index (χ3n) is 5.29. The zero-order chi connectivity index (χ0) is 22.7. The summed E-state index contributed by atoms with van der Waals surface area (Å²) < 4.78 is 7.16. The fourth-order valence-corrected chi connectivity index (χ4v) is 3.65. The molecule has 1 aliphatic heterocycles. The van der Waals surface area contributed by atoms with Crippen molar-refractivity contribution in [3.05, 3.63) is 48.3 Å².